The summed E-state index contributed by atoms with van der Waals surface area (Å²) in [7, 11) is 0. The fourth-order valence-electron chi connectivity index (χ4n) is 3.19. The molecule has 2 aromatic heterocycles. The minimum absolute atomic E-state index is 0.0316. The lowest BCUT2D eigenvalue weighted by Crippen LogP contribution is -2.21. The van der Waals surface area contributed by atoms with Crippen LogP contribution in [0.25, 0.3) is 5.69 Å². The van der Waals surface area contributed by atoms with Crippen LogP contribution in [0.5, 0.6) is 11.6 Å². The third-order valence-electron chi connectivity index (χ3n) is 5.11. The first-order valence-corrected chi connectivity index (χ1v) is 12.0. The number of halogens is 3. The van der Waals surface area contributed by atoms with E-state index in [9.17, 15) is 4.79 Å². The minimum atomic E-state index is -0.516. The highest BCUT2D eigenvalue weighted by Crippen LogP contribution is 2.39. The fraction of sp³-hybridized carbons (Fsp3) is 0.200. The van der Waals surface area contributed by atoms with Crippen molar-refractivity contribution in [2.24, 2.45) is 0 Å². The van der Waals surface area contributed by atoms with Gasteiger partial charge in [-0.1, -0.05) is 61.7 Å². The van der Waals surface area contributed by atoms with Gasteiger partial charge in [0.05, 0.1) is 22.1 Å². The third kappa shape index (κ3) is 5.90. The smallest absolute Gasteiger partial charge is 0.324 e. The van der Waals surface area contributed by atoms with Gasteiger partial charge in [0, 0.05) is 23.7 Å². The van der Waals surface area contributed by atoms with Crippen molar-refractivity contribution < 1.29 is 9.53 Å². The van der Waals surface area contributed by atoms with Crippen molar-refractivity contribution in [1.82, 2.24) is 19.7 Å². The first-order chi connectivity index (χ1) is 17.0. The van der Waals surface area contributed by atoms with Crippen molar-refractivity contribution >= 4 is 52.3 Å². The van der Waals surface area contributed by atoms with Crippen LogP contribution in [0.1, 0.15) is 32.0 Å². The van der Waals surface area contributed by atoms with E-state index in [-0.39, 0.29) is 32.4 Å². The topological polar surface area (TPSA) is 94.0 Å². The summed E-state index contributed by atoms with van der Waals surface area (Å²) in [5.74, 6) is 0.948. The molecule has 36 heavy (non-hydrogen) atoms. The standard InChI is InChI=1S/C25H23Cl3N6O2/c1-14-5-7-15(8-6-14)34-19(13-18(33-34)25(2,3)4)31-24(35)30-16-9-10-17(22(27)21(16)26)36-20-11-12-29-23(28)32-20/h5-13H,1-4H3,(H2,30,31,35). The number of carbonyl (C=O) groups excluding carboxylic acids is 1. The summed E-state index contributed by atoms with van der Waals surface area (Å²) in [6.07, 6.45) is 1.45. The fourth-order valence-corrected chi connectivity index (χ4v) is 3.73. The number of aryl methyl sites for hydroxylation is 1. The summed E-state index contributed by atoms with van der Waals surface area (Å²) in [4.78, 5) is 20.7. The van der Waals surface area contributed by atoms with Crippen LogP contribution in [0, 0.1) is 6.92 Å². The number of aromatic nitrogens is 4. The van der Waals surface area contributed by atoms with Crippen molar-refractivity contribution in [2.45, 2.75) is 33.1 Å². The van der Waals surface area contributed by atoms with Gasteiger partial charge in [0.25, 0.3) is 0 Å². The van der Waals surface area contributed by atoms with E-state index in [0.29, 0.717) is 11.5 Å². The van der Waals surface area contributed by atoms with E-state index in [2.05, 4.69) is 41.4 Å². The average Bonchev–Trinajstić information content (AvgIpc) is 3.23. The van der Waals surface area contributed by atoms with Crippen LogP contribution in [0.2, 0.25) is 15.3 Å². The minimum Gasteiger partial charge on any atom is -0.437 e. The van der Waals surface area contributed by atoms with Crippen LogP contribution in [0.15, 0.2) is 54.7 Å². The second-order valence-electron chi connectivity index (χ2n) is 9.00. The van der Waals surface area contributed by atoms with Crippen LogP contribution in [-0.2, 0) is 5.41 Å². The van der Waals surface area contributed by atoms with Gasteiger partial charge in [-0.25, -0.2) is 14.5 Å². The van der Waals surface area contributed by atoms with Crippen molar-refractivity contribution in [3.8, 4) is 17.3 Å². The second-order valence-corrected chi connectivity index (χ2v) is 10.1. The maximum absolute atomic E-state index is 12.9. The number of rotatable bonds is 5. The molecular formula is C25H23Cl3N6O2. The Morgan fingerprint density at radius 3 is 2.36 bits per heavy atom. The molecule has 0 aliphatic heterocycles. The van der Waals surface area contributed by atoms with Crippen molar-refractivity contribution in [2.75, 3.05) is 10.6 Å². The number of carbonyl (C=O) groups is 1. The Kier molecular flexibility index (Phi) is 7.40. The molecule has 0 bridgehead atoms. The van der Waals surface area contributed by atoms with Crippen molar-refractivity contribution in [3.63, 3.8) is 0 Å². The molecule has 0 aliphatic rings. The Labute approximate surface area is 223 Å². The lowest BCUT2D eigenvalue weighted by molar-refractivity contribution is 0.262. The molecule has 11 heteroatoms. The van der Waals surface area contributed by atoms with Gasteiger partial charge in [0.15, 0.2) is 0 Å². The number of anilines is 2. The molecule has 2 aromatic carbocycles. The molecule has 0 fully saturated rings. The molecule has 0 saturated heterocycles. The molecule has 4 rings (SSSR count). The average molecular weight is 546 g/mol. The first-order valence-electron chi connectivity index (χ1n) is 10.9. The molecule has 0 spiro atoms. The molecule has 0 aliphatic carbocycles. The number of ether oxygens (including phenoxy) is 1. The van der Waals surface area contributed by atoms with Gasteiger partial charge in [-0.3, -0.25) is 5.32 Å². The normalized spacial score (nSPS) is 11.3. The van der Waals surface area contributed by atoms with Gasteiger partial charge in [0.2, 0.25) is 11.2 Å². The van der Waals surface area contributed by atoms with E-state index in [4.69, 9.17) is 44.6 Å². The quantitative estimate of drug-likeness (QED) is 0.251. The zero-order valence-electron chi connectivity index (χ0n) is 19.9. The largest absolute Gasteiger partial charge is 0.437 e. The Balaban J connectivity index is 1.55. The molecular weight excluding hydrogens is 523 g/mol. The van der Waals surface area contributed by atoms with Gasteiger partial charge in [-0.15, -0.1) is 0 Å². The molecule has 0 radical (unpaired) electrons. The van der Waals surface area contributed by atoms with Gasteiger partial charge in [-0.05, 0) is 42.8 Å². The molecule has 8 nitrogen and oxygen atoms in total. The first kappa shape index (κ1) is 25.8. The van der Waals surface area contributed by atoms with E-state index in [0.717, 1.165) is 16.9 Å². The summed E-state index contributed by atoms with van der Waals surface area (Å²) in [5, 5.41) is 10.5. The number of benzene rings is 2. The molecule has 2 N–H and O–H groups in total. The van der Waals surface area contributed by atoms with Gasteiger partial charge < -0.3 is 10.1 Å². The van der Waals surface area contributed by atoms with Crippen LogP contribution < -0.4 is 15.4 Å². The highest BCUT2D eigenvalue weighted by molar-refractivity contribution is 6.45. The Morgan fingerprint density at radius 1 is 0.972 bits per heavy atom. The SMILES string of the molecule is Cc1ccc(-n2nc(C(C)(C)C)cc2NC(=O)Nc2ccc(Oc3ccnc(Cl)n3)c(Cl)c2Cl)cc1. The van der Waals surface area contributed by atoms with Crippen molar-refractivity contribution in [1.29, 1.82) is 0 Å². The predicted molar refractivity (Wildman–Crippen MR) is 143 cm³/mol. The zero-order valence-corrected chi connectivity index (χ0v) is 22.2. The lowest BCUT2D eigenvalue weighted by Gasteiger charge is -2.14. The van der Waals surface area contributed by atoms with Crippen LogP contribution in [0.3, 0.4) is 0 Å². The second kappa shape index (κ2) is 10.3. The summed E-state index contributed by atoms with van der Waals surface area (Å²) in [6.45, 7) is 8.17. The number of nitrogens with one attached hydrogen (secondary N) is 2. The summed E-state index contributed by atoms with van der Waals surface area (Å²) < 4.78 is 7.33. The van der Waals surface area contributed by atoms with Gasteiger partial charge >= 0.3 is 6.03 Å². The molecule has 0 saturated carbocycles. The molecule has 0 atom stereocenters. The molecule has 2 amide bonds. The van der Waals surface area contributed by atoms with Gasteiger partial charge in [0.1, 0.15) is 16.6 Å². The van der Waals surface area contributed by atoms with E-state index in [1.54, 1.807) is 16.8 Å². The highest BCUT2D eigenvalue weighted by atomic mass is 35.5. The van der Waals surface area contributed by atoms with E-state index in [1.807, 2.05) is 37.3 Å². The number of hydrogen-bond donors (Lipinski definition) is 2. The molecule has 4 aromatic rings. The monoisotopic (exact) mass is 544 g/mol. The lowest BCUT2D eigenvalue weighted by atomic mass is 9.92. The number of amides is 2. The predicted octanol–water partition coefficient (Wildman–Crippen LogP) is 7.66. The van der Waals surface area contributed by atoms with Gasteiger partial charge in [-0.2, -0.15) is 10.1 Å². The maximum atomic E-state index is 12.9. The van der Waals surface area contributed by atoms with Crippen LogP contribution in [0.4, 0.5) is 16.3 Å². The molecule has 186 valence electrons. The summed E-state index contributed by atoms with van der Waals surface area (Å²) in [5.41, 5.74) is 2.84. The third-order valence-corrected chi connectivity index (χ3v) is 6.15. The van der Waals surface area contributed by atoms with E-state index < -0.39 is 6.03 Å². The zero-order chi connectivity index (χ0) is 26.0. The van der Waals surface area contributed by atoms with Crippen LogP contribution >= 0.6 is 34.8 Å². The number of urea groups is 1. The number of hydrogen-bond acceptors (Lipinski definition) is 5. The highest BCUT2D eigenvalue weighted by Gasteiger charge is 2.22. The summed E-state index contributed by atoms with van der Waals surface area (Å²) in [6, 6.07) is 13.8. The van der Waals surface area contributed by atoms with E-state index in [1.165, 1.54) is 12.3 Å². The Bertz CT molecular complexity index is 1410. The number of nitrogens with zero attached hydrogens (tertiary/aromatic N) is 4. The van der Waals surface area contributed by atoms with Crippen LogP contribution in [-0.4, -0.2) is 25.8 Å². The Hall–Kier alpha value is -3.33. The Morgan fingerprint density at radius 2 is 1.69 bits per heavy atom. The van der Waals surface area contributed by atoms with E-state index >= 15 is 0 Å². The summed E-state index contributed by atoms with van der Waals surface area (Å²) >= 11 is 18.6. The molecule has 0 unspecified atom stereocenters. The van der Waals surface area contributed by atoms with Crippen molar-refractivity contribution in [3.05, 3.63) is 81.3 Å². The maximum Gasteiger partial charge on any atom is 0.324 e. The molecule has 2 heterocycles.